The number of thiazole rings is 1. The Kier molecular flexibility index (Phi) is 8.17. The number of aliphatic imine (C=N–C) groups is 1. The molecule has 1 unspecified atom stereocenters. The van der Waals surface area contributed by atoms with Crippen LogP contribution in [-0.2, 0) is 11.8 Å². The molecule has 3 aromatic heterocycles. The Labute approximate surface area is 213 Å². The van der Waals surface area contributed by atoms with Crippen molar-refractivity contribution < 1.29 is 9.59 Å². The highest BCUT2D eigenvalue weighted by Gasteiger charge is 2.16. The van der Waals surface area contributed by atoms with Crippen molar-refractivity contribution >= 4 is 29.4 Å². The maximum absolute atomic E-state index is 12.5. The van der Waals surface area contributed by atoms with Crippen molar-refractivity contribution in [2.24, 2.45) is 17.8 Å². The molecule has 0 aliphatic carbocycles. The summed E-state index contributed by atoms with van der Waals surface area (Å²) in [7, 11) is 1.90. The van der Waals surface area contributed by atoms with Crippen molar-refractivity contribution in [2.75, 3.05) is 0 Å². The lowest BCUT2D eigenvalue weighted by Crippen LogP contribution is -2.09. The van der Waals surface area contributed by atoms with Gasteiger partial charge in [-0.25, -0.2) is 15.0 Å². The van der Waals surface area contributed by atoms with Gasteiger partial charge in [0.25, 0.3) is 5.91 Å². The number of aromatic amines is 1. The number of aromatic nitrogens is 5. The monoisotopic (exact) mass is 503 g/mol. The molecule has 0 aliphatic rings. The molecular formula is C26H29N7O2S. The quantitative estimate of drug-likeness (QED) is 0.227. The third-order valence-corrected chi connectivity index (χ3v) is 6.69. The average molecular weight is 504 g/mol. The molecule has 4 rings (SSSR count). The highest BCUT2D eigenvalue weighted by atomic mass is 32.1. The zero-order valence-corrected chi connectivity index (χ0v) is 21.2. The number of nitrogens with one attached hydrogen (secondary N) is 1. The Bertz CT molecular complexity index is 1350. The van der Waals surface area contributed by atoms with Crippen LogP contribution >= 0.6 is 11.3 Å². The van der Waals surface area contributed by atoms with Gasteiger partial charge in [-0.15, -0.1) is 11.3 Å². The Morgan fingerprint density at radius 3 is 2.56 bits per heavy atom. The minimum absolute atomic E-state index is 0.168. The van der Waals surface area contributed by atoms with E-state index >= 15 is 0 Å². The molecule has 2 amide bonds. The summed E-state index contributed by atoms with van der Waals surface area (Å²) < 4.78 is 1.78. The molecule has 1 atom stereocenters. The number of unbranched alkanes of at least 4 members (excludes halogenated alkanes) is 2. The van der Waals surface area contributed by atoms with Crippen LogP contribution in [0, 0.1) is 6.92 Å². The summed E-state index contributed by atoms with van der Waals surface area (Å²) in [6.07, 6.45) is 10.5. The summed E-state index contributed by atoms with van der Waals surface area (Å²) >= 11 is 1.33. The van der Waals surface area contributed by atoms with E-state index in [1.165, 1.54) is 11.3 Å². The number of benzene rings is 1. The highest BCUT2D eigenvalue weighted by Crippen LogP contribution is 2.26. The number of imidazole rings is 1. The summed E-state index contributed by atoms with van der Waals surface area (Å²) in [6, 6.07) is 10.1. The molecule has 0 fully saturated rings. The fourth-order valence-electron chi connectivity index (χ4n) is 3.86. The van der Waals surface area contributed by atoms with E-state index in [0.717, 1.165) is 59.0 Å². The molecule has 186 valence electrons. The molecule has 0 saturated heterocycles. The maximum Gasteiger partial charge on any atom is 0.288 e. The van der Waals surface area contributed by atoms with E-state index in [9.17, 15) is 9.59 Å². The van der Waals surface area contributed by atoms with Crippen LogP contribution < -0.4 is 5.73 Å². The lowest BCUT2D eigenvalue weighted by atomic mass is 10.0. The van der Waals surface area contributed by atoms with Crippen molar-refractivity contribution in [3.05, 3.63) is 64.6 Å². The summed E-state index contributed by atoms with van der Waals surface area (Å²) in [6.45, 7) is 1.85. The molecule has 0 bridgehead atoms. The van der Waals surface area contributed by atoms with Gasteiger partial charge in [-0.3, -0.25) is 14.3 Å². The molecule has 0 radical (unpaired) electrons. The topological polar surface area (TPSA) is 132 Å². The van der Waals surface area contributed by atoms with Crippen LogP contribution in [0.1, 0.15) is 58.5 Å². The van der Waals surface area contributed by atoms with Crippen molar-refractivity contribution in [3.8, 4) is 22.5 Å². The molecule has 0 aliphatic heterocycles. The third-order valence-electron chi connectivity index (χ3n) is 5.79. The zero-order valence-electron chi connectivity index (χ0n) is 20.3. The Morgan fingerprint density at radius 1 is 1.11 bits per heavy atom. The van der Waals surface area contributed by atoms with Crippen molar-refractivity contribution in [1.29, 1.82) is 0 Å². The van der Waals surface area contributed by atoms with Crippen LogP contribution in [-0.4, -0.2) is 42.8 Å². The summed E-state index contributed by atoms with van der Waals surface area (Å²) in [5, 5.41) is 5.27. The number of aryl methyl sites for hydroxylation is 2. The standard InChI is InChI=1S/C26H29N7O2S/c1-17-28-16-23(36-17)26(35)30-14-20(6-4-3-5-7-24(27)34)25-29-15-22(31-25)19-10-8-18(9-11-19)21-12-13-33(2)32-21/h8-16,20H,3-7H2,1-2H3,(H2,27,34)(H,29,31). The first kappa shape index (κ1) is 25.2. The lowest BCUT2D eigenvalue weighted by Gasteiger charge is -2.09. The third kappa shape index (κ3) is 6.60. The van der Waals surface area contributed by atoms with Gasteiger partial charge in [0.15, 0.2) is 0 Å². The Morgan fingerprint density at radius 2 is 1.89 bits per heavy atom. The maximum atomic E-state index is 12.5. The number of primary amides is 1. The molecule has 0 saturated carbocycles. The number of H-pyrrole nitrogens is 1. The Hall–Kier alpha value is -3.92. The molecule has 3 N–H and O–H groups in total. The van der Waals surface area contributed by atoms with Gasteiger partial charge in [0.2, 0.25) is 5.91 Å². The number of hydrogen-bond donors (Lipinski definition) is 2. The van der Waals surface area contributed by atoms with Crippen molar-refractivity contribution in [3.63, 3.8) is 0 Å². The van der Waals surface area contributed by atoms with Gasteiger partial charge >= 0.3 is 0 Å². The van der Waals surface area contributed by atoms with Gasteiger partial charge < -0.3 is 10.7 Å². The van der Waals surface area contributed by atoms with Gasteiger partial charge in [0, 0.05) is 31.4 Å². The average Bonchev–Trinajstić information content (AvgIpc) is 3.62. The van der Waals surface area contributed by atoms with E-state index in [1.807, 2.05) is 50.5 Å². The van der Waals surface area contributed by atoms with Gasteiger partial charge in [-0.05, 0) is 31.4 Å². The van der Waals surface area contributed by atoms with E-state index in [4.69, 9.17) is 5.73 Å². The fourth-order valence-corrected chi connectivity index (χ4v) is 4.53. The number of rotatable bonds is 11. The second-order valence-electron chi connectivity index (χ2n) is 8.63. The molecule has 9 nitrogen and oxygen atoms in total. The largest absolute Gasteiger partial charge is 0.370 e. The smallest absolute Gasteiger partial charge is 0.288 e. The first-order chi connectivity index (χ1) is 17.4. The molecule has 4 aromatic rings. The van der Waals surface area contributed by atoms with Crippen LogP contribution in [0.5, 0.6) is 0 Å². The SMILES string of the molecule is Cc1ncc(C(=O)N=CC(CCCCCC(N)=O)c2ncc(-c3ccc(-c4ccn(C)n4)cc3)[nH]2)s1. The number of carbonyl (C=O) groups excluding carboxylic acids is 2. The minimum atomic E-state index is -0.309. The summed E-state index contributed by atoms with van der Waals surface area (Å²) in [4.78, 5) is 40.4. The van der Waals surface area contributed by atoms with Crippen LogP contribution in [0.4, 0.5) is 0 Å². The van der Waals surface area contributed by atoms with Gasteiger partial charge in [0.05, 0.1) is 34.7 Å². The number of nitrogens with zero attached hydrogens (tertiary/aromatic N) is 5. The van der Waals surface area contributed by atoms with Crippen molar-refractivity contribution in [2.45, 2.75) is 44.9 Å². The van der Waals surface area contributed by atoms with E-state index in [2.05, 4.69) is 25.0 Å². The fraction of sp³-hybridized carbons (Fsp3) is 0.308. The number of hydrogen-bond acceptors (Lipinski definition) is 6. The number of amides is 2. The number of nitrogens with two attached hydrogens (primary N) is 1. The normalized spacial score (nSPS) is 12.3. The zero-order chi connectivity index (χ0) is 25.5. The van der Waals surface area contributed by atoms with Gasteiger partial charge in [0.1, 0.15) is 10.7 Å². The second kappa shape index (κ2) is 11.7. The van der Waals surface area contributed by atoms with Gasteiger partial charge in [-0.1, -0.05) is 37.1 Å². The van der Waals surface area contributed by atoms with Crippen LogP contribution in [0.25, 0.3) is 22.5 Å². The first-order valence-corrected chi connectivity index (χ1v) is 12.7. The summed E-state index contributed by atoms with van der Waals surface area (Å²) in [5.74, 6) is -0.0247. The molecule has 36 heavy (non-hydrogen) atoms. The first-order valence-electron chi connectivity index (χ1n) is 11.8. The van der Waals surface area contributed by atoms with E-state index < -0.39 is 0 Å². The minimum Gasteiger partial charge on any atom is -0.370 e. The van der Waals surface area contributed by atoms with Crippen LogP contribution in [0.2, 0.25) is 0 Å². The molecule has 3 heterocycles. The van der Waals surface area contributed by atoms with Crippen molar-refractivity contribution in [1.82, 2.24) is 24.7 Å². The van der Waals surface area contributed by atoms with E-state index in [-0.39, 0.29) is 17.7 Å². The molecule has 10 heteroatoms. The second-order valence-corrected chi connectivity index (χ2v) is 9.87. The Balaban J connectivity index is 1.48. The number of carbonyl (C=O) groups is 2. The molecule has 0 spiro atoms. The van der Waals surface area contributed by atoms with Gasteiger partial charge in [-0.2, -0.15) is 5.10 Å². The van der Waals surface area contributed by atoms with Crippen LogP contribution in [0.3, 0.4) is 0 Å². The van der Waals surface area contributed by atoms with E-state index in [0.29, 0.717) is 11.3 Å². The van der Waals surface area contributed by atoms with Crippen LogP contribution in [0.15, 0.2) is 53.9 Å². The van der Waals surface area contributed by atoms with E-state index in [1.54, 1.807) is 23.3 Å². The molecule has 1 aromatic carbocycles. The predicted octanol–water partition coefficient (Wildman–Crippen LogP) is 4.67. The predicted molar refractivity (Wildman–Crippen MR) is 141 cm³/mol. The summed E-state index contributed by atoms with van der Waals surface area (Å²) in [5.41, 5.74) is 9.09. The highest BCUT2D eigenvalue weighted by molar-refractivity contribution is 7.13. The lowest BCUT2D eigenvalue weighted by molar-refractivity contribution is -0.118. The molecular weight excluding hydrogens is 474 g/mol.